The molecule has 0 aliphatic heterocycles. The summed E-state index contributed by atoms with van der Waals surface area (Å²) in [7, 11) is 0. The number of para-hydroxylation sites is 1. The van der Waals surface area contributed by atoms with Crippen molar-refractivity contribution in [1.82, 2.24) is 10.2 Å². The Labute approximate surface area is 160 Å². The zero-order chi connectivity index (χ0) is 18.4. The molecule has 2 N–H and O–H groups in total. The number of ether oxygens (including phenoxy) is 1. The number of nitrogens with one attached hydrogen (secondary N) is 2. The molecule has 26 heavy (non-hydrogen) atoms. The molecule has 8 heteroatoms. The van der Waals surface area contributed by atoms with Crippen LogP contribution in [0.2, 0.25) is 10.0 Å². The van der Waals surface area contributed by atoms with Gasteiger partial charge in [0.2, 0.25) is 0 Å². The number of aromatic nitrogens is 2. The number of carbonyl (C=O) groups is 1. The van der Waals surface area contributed by atoms with Crippen molar-refractivity contribution in [3.05, 3.63) is 70.7 Å². The van der Waals surface area contributed by atoms with E-state index in [-0.39, 0.29) is 12.5 Å². The van der Waals surface area contributed by atoms with Gasteiger partial charge in [0, 0.05) is 5.02 Å². The number of rotatable bonds is 6. The molecule has 3 aromatic rings. The number of amides is 1. The van der Waals surface area contributed by atoms with Crippen LogP contribution in [0, 0.1) is 0 Å². The lowest BCUT2D eigenvalue weighted by molar-refractivity contribution is -0.118. The van der Waals surface area contributed by atoms with Gasteiger partial charge in [0.25, 0.3) is 5.91 Å². The Bertz CT molecular complexity index is 886. The van der Waals surface area contributed by atoms with Crippen LogP contribution in [-0.4, -0.2) is 22.7 Å². The fraction of sp³-hybridized carbons (Fsp3) is 0.0556. The summed E-state index contributed by atoms with van der Waals surface area (Å²) in [6, 6.07) is 17.4. The van der Waals surface area contributed by atoms with Gasteiger partial charge in [-0.15, -0.1) is 10.2 Å². The summed E-state index contributed by atoms with van der Waals surface area (Å²) in [6.45, 7) is -0.150. The van der Waals surface area contributed by atoms with E-state index < -0.39 is 0 Å². The highest BCUT2D eigenvalue weighted by Crippen LogP contribution is 2.23. The first-order valence-electron chi connectivity index (χ1n) is 7.64. The van der Waals surface area contributed by atoms with Crippen LogP contribution in [0.4, 0.5) is 17.3 Å². The molecule has 132 valence electrons. The Hall–Kier alpha value is -2.83. The second kappa shape index (κ2) is 8.51. The van der Waals surface area contributed by atoms with Crippen molar-refractivity contribution < 1.29 is 9.53 Å². The van der Waals surface area contributed by atoms with E-state index in [1.165, 1.54) is 0 Å². The molecule has 0 radical (unpaired) electrons. The third-order valence-electron chi connectivity index (χ3n) is 3.25. The topological polar surface area (TPSA) is 76.1 Å². The van der Waals surface area contributed by atoms with Crippen LogP contribution in [0.3, 0.4) is 0 Å². The maximum Gasteiger partial charge on any atom is 0.263 e. The number of anilines is 3. The van der Waals surface area contributed by atoms with Gasteiger partial charge in [0.15, 0.2) is 18.2 Å². The van der Waals surface area contributed by atoms with Gasteiger partial charge >= 0.3 is 0 Å². The second-order valence-corrected chi connectivity index (χ2v) is 6.04. The molecule has 1 heterocycles. The summed E-state index contributed by atoms with van der Waals surface area (Å²) in [6.07, 6.45) is 0. The van der Waals surface area contributed by atoms with E-state index in [0.717, 1.165) is 5.69 Å². The third kappa shape index (κ3) is 5.08. The highest BCUT2D eigenvalue weighted by Gasteiger charge is 2.06. The Morgan fingerprint density at radius 1 is 0.923 bits per heavy atom. The van der Waals surface area contributed by atoms with Crippen molar-refractivity contribution in [2.24, 2.45) is 0 Å². The molecule has 0 saturated heterocycles. The Balaban J connectivity index is 1.52. The smallest absolute Gasteiger partial charge is 0.263 e. The molecule has 0 aliphatic rings. The Kier molecular flexibility index (Phi) is 5.88. The second-order valence-electron chi connectivity index (χ2n) is 5.20. The van der Waals surface area contributed by atoms with E-state index in [9.17, 15) is 4.79 Å². The molecule has 0 atom stereocenters. The highest BCUT2D eigenvalue weighted by molar-refractivity contribution is 6.33. The first kappa shape index (κ1) is 18.0. The van der Waals surface area contributed by atoms with Crippen LogP contribution in [0.1, 0.15) is 0 Å². The number of halogens is 2. The summed E-state index contributed by atoms with van der Waals surface area (Å²) in [5, 5.41) is 14.8. The monoisotopic (exact) mass is 388 g/mol. The van der Waals surface area contributed by atoms with Gasteiger partial charge in [-0.1, -0.05) is 35.3 Å². The van der Waals surface area contributed by atoms with Crippen molar-refractivity contribution in [3.63, 3.8) is 0 Å². The minimum atomic E-state index is -0.346. The first-order chi connectivity index (χ1) is 12.6. The molecule has 2 aromatic carbocycles. The summed E-state index contributed by atoms with van der Waals surface area (Å²) in [4.78, 5) is 11.9. The van der Waals surface area contributed by atoms with Gasteiger partial charge < -0.3 is 15.4 Å². The average Bonchev–Trinajstić information content (AvgIpc) is 2.65. The van der Waals surface area contributed by atoms with Gasteiger partial charge in [-0.2, -0.15) is 0 Å². The van der Waals surface area contributed by atoms with Gasteiger partial charge in [-0.05, 0) is 48.5 Å². The number of benzene rings is 2. The van der Waals surface area contributed by atoms with E-state index in [2.05, 4.69) is 20.8 Å². The molecular weight excluding hydrogens is 375 g/mol. The highest BCUT2D eigenvalue weighted by atomic mass is 35.5. The maximum absolute atomic E-state index is 11.9. The van der Waals surface area contributed by atoms with Crippen LogP contribution >= 0.6 is 23.2 Å². The molecular formula is C18H14Cl2N4O2. The van der Waals surface area contributed by atoms with Crippen LogP contribution in [0.15, 0.2) is 60.7 Å². The molecule has 1 amide bonds. The van der Waals surface area contributed by atoms with E-state index in [1.54, 1.807) is 42.5 Å². The fourth-order valence-corrected chi connectivity index (χ4v) is 2.33. The van der Waals surface area contributed by atoms with Crippen molar-refractivity contribution in [1.29, 1.82) is 0 Å². The van der Waals surface area contributed by atoms with Gasteiger partial charge in [-0.25, -0.2) is 0 Å². The molecule has 1 aromatic heterocycles. The summed E-state index contributed by atoms with van der Waals surface area (Å²) >= 11 is 11.9. The minimum Gasteiger partial charge on any atom is -0.484 e. The van der Waals surface area contributed by atoms with E-state index in [4.69, 9.17) is 27.9 Å². The standard InChI is InChI=1S/C18H14Cl2N4O2/c19-12-5-7-13(8-6-12)26-11-18(25)22-17-10-9-16(23-24-17)21-15-4-2-1-3-14(15)20/h1-10H,11H2,(H,21,23)(H,22,24,25). The van der Waals surface area contributed by atoms with Crippen molar-refractivity contribution in [3.8, 4) is 5.75 Å². The Morgan fingerprint density at radius 2 is 1.62 bits per heavy atom. The summed E-state index contributed by atoms with van der Waals surface area (Å²) < 4.78 is 5.37. The van der Waals surface area contributed by atoms with Crippen molar-refractivity contribution >= 4 is 46.4 Å². The number of nitrogens with zero attached hydrogens (tertiary/aromatic N) is 2. The SMILES string of the molecule is O=C(COc1ccc(Cl)cc1)Nc1ccc(Nc2ccccc2Cl)nn1. The lowest BCUT2D eigenvalue weighted by Crippen LogP contribution is -2.21. The molecule has 6 nitrogen and oxygen atoms in total. The predicted molar refractivity (Wildman–Crippen MR) is 102 cm³/mol. The lowest BCUT2D eigenvalue weighted by atomic mass is 10.3. The van der Waals surface area contributed by atoms with Crippen LogP contribution in [-0.2, 0) is 4.79 Å². The molecule has 0 unspecified atom stereocenters. The maximum atomic E-state index is 11.9. The molecule has 0 bridgehead atoms. The van der Waals surface area contributed by atoms with E-state index in [0.29, 0.717) is 27.4 Å². The van der Waals surface area contributed by atoms with Crippen LogP contribution < -0.4 is 15.4 Å². The summed E-state index contributed by atoms with van der Waals surface area (Å²) in [5.74, 6) is 1.03. The van der Waals surface area contributed by atoms with Crippen molar-refractivity contribution in [2.45, 2.75) is 0 Å². The van der Waals surface area contributed by atoms with Gasteiger partial charge in [-0.3, -0.25) is 4.79 Å². The van der Waals surface area contributed by atoms with Crippen LogP contribution in [0.25, 0.3) is 0 Å². The number of hydrogen-bond donors (Lipinski definition) is 2. The largest absolute Gasteiger partial charge is 0.484 e. The predicted octanol–water partition coefficient (Wildman–Crippen LogP) is 4.54. The quantitative estimate of drug-likeness (QED) is 0.647. The molecule has 0 aliphatic carbocycles. The zero-order valence-electron chi connectivity index (χ0n) is 13.4. The zero-order valence-corrected chi connectivity index (χ0v) is 15.0. The average molecular weight is 389 g/mol. The normalized spacial score (nSPS) is 10.2. The molecule has 3 rings (SSSR count). The van der Waals surface area contributed by atoms with Crippen LogP contribution in [0.5, 0.6) is 5.75 Å². The minimum absolute atomic E-state index is 0.150. The summed E-state index contributed by atoms with van der Waals surface area (Å²) in [5.41, 5.74) is 0.719. The molecule has 0 fully saturated rings. The van der Waals surface area contributed by atoms with Crippen molar-refractivity contribution in [2.75, 3.05) is 17.2 Å². The molecule has 0 spiro atoms. The Morgan fingerprint density at radius 3 is 2.31 bits per heavy atom. The van der Waals surface area contributed by atoms with Gasteiger partial charge in [0.1, 0.15) is 5.75 Å². The third-order valence-corrected chi connectivity index (χ3v) is 3.83. The molecule has 0 saturated carbocycles. The first-order valence-corrected chi connectivity index (χ1v) is 8.39. The van der Waals surface area contributed by atoms with Gasteiger partial charge in [0.05, 0.1) is 10.7 Å². The number of carbonyl (C=O) groups excluding carboxylic acids is 1. The van der Waals surface area contributed by atoms with E-state index >= 15 is 0 Å². The lowest BCUT2D eigenvalue weighted by Gasteiger charge is -2.08. The number of hydrogen-bond acceptors (Lipinski definition) is 5. The fourth-order valence-electron chi connectivity index (χ4n) is 2.02. The van der Waals surface area contributed by atoms with E-state index in [1.807, 2.05) is 18.2 Å².